The number of carbonyl (C=O) groups excluding carboxylic acids is 1. The molecule has 210 valence electrons. The molecule has 0 bridgehead atoms. The van der Waals surface area contributed by atoms with Gasteiger partial charge in [-0.15, -0.1) is 11.6 Å². The van der Waals surface area contributed by atoms with E-state index in [2.05, 4.69) is 33.6 Å². The number of methoxy groups -OCH3 is 1. The molecular formula is C28H32ClF2N3O5. The molecule has 1 amide bonds. The van der Waals surface area contributed by atoms with Crippen LogP contribution in [0.5, 0.6) is 5.75 Å². The minimum Gasteiger partial charge on any atom is -0.478 e. The van der Waals surface area contributed by atoms with E-state index in [1.807, 2.05) is 25.7 Å². The minimum atomic E-state index is -2.87. The zero-order chi connectivity index (χ0) is 29.4. The molecule has 2 aromatic rings. The molecule has 2 rings (SSSR count). The van der Waals surface area contributed by atoms with Crippen molar-refractivity contribution in [2.24, 2.45) is 4.99 Å². The summed E-state index contributed by atoms with van der Waals surface area (Å²) < 4.78 is 34.4. The normalized spacial score (nSPS) is 11.2. The van der Waals surface area contributed by atoms with Gasteiger partial charge in [0.2, 0.25) is 6.41 Å². The highest BCUT2D eigenvalue weighted by atomic mass is 35.5. The summed E-state index contributed by atoms with van der Waals surface area (Å²) in [6, 6.07) is 13.0. The van der Waals surface area contributed by atoms with E-state index in [4.69, 9.17) is 21.4 Å². The Morgan fingerprint density at radius 2 is 1.92 bits per heavy atom. The molecule has 0 radical (unpaired) electrons. The van der Waals surface area contributed by atoms with Crippen molar-refractivity contribution in [3.8, 4) is 17.6 Å². The van der Waals surface area contributed by atoms with Crippen molar-refractivity contribution in [1.29, 1.82) is 0 Å². The number of nitrogens with one attached hydrogen (secondary N) is 1. The number of alkyl halides is 3. The molecule has 0 aliphatic carbocycles. The molecule has 0 saturated heterocycles. The minimum absolute atomic E-state index is 0.0948. The molecule has 0 aliphatic rings. The Morgan fingerprint density at radius 1 is 1.26 bits per heavy atom. The Kier molecular flexibility index (Phi) is 14.3. The van der Waals surface area contributed by atoms with Crippen molar-refractivity contribution in [3.63, 3.8) is 0 Å². The van der Waals surface area contributed by atoms with Crippen molar-refractivity contribution in [2.45, 2.75) is 46.1 Å². The maximum atomic E-state index is 12.4. The number of carboxylic acids is 1. The van der Waals surface area contributed by atoms with Crippen LogP contribution in [0.3, 0.4) is 0 Å². The standard InChI is InChI=1S/C19H23ClF2N2O2.C9H9NO3/c1-14(17(23-4)9-10-19(2,3)25-5)24(13-20)12-15-7-6-8-16(11-15)26-18(21)22;11-6-10-5-7-1-3-8(4-2-7)9(12)13/h6-8,11,18H,4,12-13H2,1-3,5H3;1-4,6H,5H2,(H,10,11)(H,12,13)/b17-14-;. The number of aliphatic imine (C=N–C) groups is 1. The monoisotopic (exact) mass is 563 g/mol. The van der Waals surface area contributed by atoms with Gasteiger partial charge in [0.05, 0.1) is 11.6 Å². The Hall–Kier alpha value is -3.94. The third-order valence-corrected chi connectivity index (χ3v) is 5.49. The van der Waals surface area contributed by atoms with Crippen LogP contribution >= 0.6 is 11.6 Å². The van der Waals surface area contributed by atoms with Gasteiger partial charge in [-0.2, -0.15) is 8.78 Å². The van der Waals surface area contributed by atoms with Crippen molar-refractivity contribution < 1.29 is 33.0 Å². The predicted octanol–water partition coefficient (Wildman–Crippen LogP) is 5.28. The van der Waals surface area contributed by atoms with Gasteiger partial charge in [0, 0.05) is 25.9 Å². The van der Waals surface area contributed by atoms with Gasteiger partial charge in [-0.05, 0) is 68.8 Å². The van der Waals surface area contributed by atoms with Gasteiger partial charge < -0.3 is 24.8 Å². The van der Waals surface area contributed by atoms with Crippen LogP contribution in [0.15, 0.2) is 64.9 Å². The number of benzene rings is 2. The van der Waals surface area contributed by atoms with Crippen LogP contribution in [0.25, 0.3) is 0 Å². The molecule has 0 fully saturated rings. The fourth-order valence-electron chi connectivity index (χ4n) is 2.87. The molecule has 2 N–H and O–H groups in total. The third-order valence-electron chi connectivity index (χ3n) is 5.20. The van der Waals surface area contributed by atoms with Crippen molar-refractivity contribution >= 4 is 30.7 Å². The van der Waals surface area contributed by atoms with E-state index in [0.29, 0.717) is 25.2 Å². The van der Waals surface area contributed by atoms with Gasteiger partial charge in [0.1, 0.15) is 17.0 Å². The second-order valence-electron chi connectivity index (χ2n) is 8.40. The summed E-state index contributed by atoms with van der Waals surface area (Å²) in [5.41, 5.74) is 2.44. The van der Waals surface area contributed by atoms with Gasteiger partial charge in [-0.1, -0.05) is 30.2 Å². The SMILES string of the molecule is C=N/C(C#CC(C)(C)OC)=C(/C)N(CCl)Cc1cccc(OC(F)F)c1.O=CNCc1ccc(C(=O)O)cc1. The van der Waals surface area contributed by atoms with E-state index >= 15 is 0 Å². The lowest BCUT2D eigenvalue weighted by Gasteiger charge is -2.23. The largest absolute Gasteiger partial charge is 0.478 e. The number of rotatable bonds is 12. The molecule has 0 aliphatic heterocycles. The number of carboxylic acid groups (broad SMARTS) is 1. The lowest BCUT2D eigenvalue weighted by atomic mass is 10.1. The number of allylic oxidation sites excluding steroid dienone is 2. The average Bonchev–Trinajstić information content (AvgIpc) is 2.91. The number of amides is 1. The first kappa shape index (κ1) is 33.1. The van der Waals surface area contributed by atoms with E-state index in [1.54, 1.807) is 37.4 Å². The first-order valence-electron chi connectivity index (χ1n) is 11.6. The predicted molar refractivity (Wildman–Crippen MR) is 147 cm³/mol. The molecular weight excluding hydrogens is 532 g/mol. The van der Waals surface area contributed by atoms with E-state index in [0.717, 1.165) is 16.8 Å². The summed E-state index contributed by atoms with van der Waals surface area (Å²) in [7, 11) is 1.58. The van der Waals surface area contributed by atoms with Crippen LogP contribution < -0.4 is 10.1 Å². The molecule has 2 aromatic carbocycles. The smallest absolute Gasteiger partial charge is 0.387 e. The van der Waals surface area contributed by atoms with Gasteiger partial charge in [0.15, 0.2) is 0 Å². The third kappa shape index (κ3) is 12.4. The average molecular weight is 564 g/mol. The Labute approximate surface area is 232 Å². The summed E-state index contributed by atoms with van der Waals surface area (Å²) in [5.74, 6) is 5.07. The summed E-state index contributed by atoms with van der Waals surface area (Å²) in [6.45, 7) is 6.98. The van der Waals surface area contributed by atoms with Gasteiger partial charge in [-0.3, -0.25) is 9.79 Å². The molecule has 0 unspecified atom stereocenters. The lowest BCUT2D eigenvalue weighted by Crippen LogP contribution is -2.21. The molecule has 0 atom stereocenters. The van der Waals surface area contributed by atoms with Crippen LogP contribution in [0, 0.1) is 11.8 Å². The number of hydrogen-bond acceptors (Lipinski definition) is 6. The first-order chi connectivity index (χ1) is 18.5. The Balaban J connectivity index is 0.000000487. The Bertz CT molecular complexity index is 1190. The number of aromatic carboxylic acids is 1. The zero-order valence-corrected chi connectivity index (χ0v) is 23.0. The molecule has 0 aromatic heterocycles. The second kappa shape index (κ2) is 16.8. The molecule has 8 nitrogen and oxygen atoms in total. The van der Waals surface area contributed by atoms with Gasteiger partial charge >= 0.3 is 12.6 Å². The summed E-state index contributed by atoms with van der Waals surface area (Å²) in [4.78, 5) is 26.2. The lowest BCUT2D eigenvalue weighted by molar-refractivity contribution is -0.109. The van der Waals surface area contributed by atoms with Crippen LogP contribution in [0.2, 0.25) is 0 Å². The number of ether oxygens (including phenoxy) is 2. The number of halogens is 3. The summed E-state index contributed by atoms with van der Waals surface area (Å²) in [5, 5.41) is 11.1. The number of hydrogen-bond donors (Lipinski definition) is 2. The van der Waals surface area contributed by atoms with E-state index in [9.17, 15) is 18.4 Å². The van der Waals surface area contributed by atoms with Crippen LogP contribution in [-0.2, 0) is 22.6 Å². The summed E-state index contributed by atoms with van der Waals surface area (Å²) >= 11 is 6.06. The van der Waals surface area contributed by atoms with Crippen molar-refractivity contribution in [1.82, 2.24) is 10.2 Å². The summed E-state index contributed by atoms with van der Waals surface area (Å²) in [6.07, 6.45) is 0.602. The van der Waals surface area contributed by atoms with E-state index < -0.39 is 18.2 Å². The van der Waals surface area contributed by atoms with Crippen LogP contribution in [0.4, 0.5) is 8.78 Å². The van der Waals surface area contributed by atoms with Crippen LogP contribution in [-0.4, -0.2) is 54.4 Å². The molecule has 39 heavy (non-hydrogen) atoms. The van der Waals surface area contributed by atoms with Crippen molar-refractivity contribution in [2.75, 3.05) is 13.1 Å². The number of nitrogens with zero attached hydrogens (tertiary/aromatic N) is 2. The maximum Gasteiger partial charge on any atom is 0.387 e. The van der Waals surface area contributed by atoms with Crippen LogP contribution in [0.1, 0.15) is 42.3 Å². The van der Waals surface area contributed by atoms with E-state index in [1.165, 1.54) is 18.2 Å². The second-order valence-corrected chi connectivity index (χ2v) is 8.64. The van der Waals surface area contributed by atoms with Crippen molar-refractivity contribution in [3.05, 3.63) is 76.6 Å². The number of carbonyl (C=O) groups is 2. The molecule has 0 saturated carbocycles. The van der Waals surface area contributed by atoms with Gasteiger partial charge in [0.25, 0.3) is 0 Å². The quantitative estimate of drug-likeness (QED) is 0.120. The highest BCUT2D eigenvalue weighted by Crippen LogP contribution is 2.20. The molecule has 0 spiro atoms. The topological polar surface area (TPSA) is 100 Å². The Morgan fingerprint density at radius 3 is 2.44 bits per heavy atom. The first-order valence-corrected chi connectivity index (χ1v) is 12.1. The molecule has 0 heterocycles. The van der Waals surface area contributed by atoms with E-state index in [-0.39, 0.29) is 17.3 Å². The highest BCUT2D eigenvalue weighted by molar-refractivity contribution is 6.17. The zero-order valence-electron chi connectivity index (χ0n) is 22.2. The fourth-order valence-corrected chi connectivity index (χ4v) is 3.13. The fraction of sp³-hybridized carbons (Fsp3) is 0.321. The van der Waals surface area contributed by atoms with Gasteiger partial charge in [-0.25, -0.2) is 4.79 Å². The molecule has 11 heteroatoms. The highest BCUT2D eigenvalue weighted by Gasteiger charge is 2.14. The maximum absolute atomic E-state index is 12.4.